The summed E-state index contributed by atoms with van der Waals surface area (Å²) in [5.41, 5.74) is 5.51. The molecule has 0 spiro atoms. The molecule has 1 heterocycles. The second kappa shape index (κ2) is 12.4. The van der Waals surface area contributed by atoms with Gasteiger partial charge in [-0.1, -0.05) is 13.0 Å². The van der Waals surface area contributed by atoms with Crippen molar-refractivity contribution < 1.29 is 38.1 Å². The highest BCUT2D eigenvalue weighted by Crippen LogP contribution is 2.34. The molecule has 37 heavy (non-hydrogen) atoms. The fourth-order valence-corrected chi connectivity index (χ4v) is 3.44. The maximum absolute atomic E-state index is 13.3. The van der Waals surface area contributed by atoms with Crippen LogP contribution in [0.1, 0.15) is 32.8 Å². The van der Waals surface area contributed by atoms with Crippen molar-refractivity contribution in [3.05, 3.63) is 47.5 Å². The number of hydrogen-bond donors (Lipinski definition) is 2. The summed E-state index contributed by atoms with van der Waals surface area (Å²) in [5, 5.41) is 2.19. The first kappa shape index (κ1) is 27.1. The van der Waals surface area contributed by atoms with Gasteiger partial charge in [0.05, 0.1) is 25.5 Å². The van der Waals surface area contributed by atoms with Gasteiger partial charge in [0.1, 0.15) is 5.57 Å². The van der Waals surface area contributed by atoms with Gasteiger partial charge in [-0.25, -0.2) is 9.69 Å². The molecule has 1 aliphatic heterocycles. The molecule has 1 aliphatic rings. The number of nitrogens with one attached hydrogen (secondary N) is 1. The number of primary amides is 1. The van der Waals surface area contributed by atoms with E-state index >= 15 is 0 Å². The van der Waals surface area contributed by atoms with Gasteiger partial charge in [-0.05, 0) is 56.2 Å². The lowest BCUT2D eigenvalue weighted by molar-refractivity contribution is -0.123. The molecule has 0 aliphatic carbocycles. The third kappa shape index (κ3) is 6.57. The van der Waals surface area contributed by atoms with E-state index in [-0.39, 0.29) is 23.6 Å². The molecule has 0 unspecified atom stereocenters. The standard InChI is InChI=1S/C26H29N3O8/c1-4-11-36-19-10-8-17(14-22(19)35-6-3)29-25(32)18(24(31)28-26(29)33)12-16-7-9-20(37-15-23(27)30)21(13-16)34-5-2/h7-10,12-14H,4-6,11,15H2,1-3H3,(H2,27,30)(H,28,31,33)/b18-12+. The maximum Gasteiger partial charge on any atom is 0.335 e. The number of anilines is 1. The van der Waals surface area contributed by atoms with Crippen LogP contribution in [0, 0.1) is 0 Å². The van der Waals surface area contributed by atoms with E-state index in [1.165, 1.54) is 24.3 Å². The Balaban J connectivity index is 1.95. The average molecular weight is 512 g/mol. The van der Waals surface area contributed by atoms with Crippen molar-refractivity contribution in [2.24, 2.45) is 5.73 Å². The number of amides is 5. The lowest BCUT2D eigenvalue weighted by Gasteiger charge is -2.27. The predicted molar refractivity (Wildman–Crippen MR) is 135 cm³/mol. The van der Waals surface area contributed by atoms with Crippen molar-refractivity contribution in [3.8, 4) is 23.0 Å². The van der Waals surface area contributed by atoms with Crippen molar-refractivity contribution in [2.75, 3.05) is 31.3 Å². The van der Waals surface area contributed by atoms with Crippen molar-refractivity contribution in [2.45, 2.75) is 27.2 Å². The molecular formula is C26H29N3O8. The number of carbonyl (C=O) groups is 4. The molecule has 11 heteroatoms. The van der Waals surface area contributed by atoms with Gasteiger partial charge in [0.2, 0.25) is 0 Å². The lowest BCUT2D eigenvalue weighted by atomic mass is 10.1. The van der Waals surface area contributed by atoms with E-state index in [9.17, 15) is 19.2 Å². The molecule has 1 saturated heterocycles. The second-order valence-electron chi connectivity index (χ2n) is 7.76. The summed E-state index contributed by atoms with van der Waals surface area (Å²) in [6.07, 6.45) is 2.12. The Morgan fingerprint density at radius 1 is 0.892 bits per heavy atom. The van der Waals surface area contributed by atoms with Gasteiger partial charge in [-0.15, -0.1) is 0 Å². The van der Waals surface area contributed by atoms with Gasteiger partial charge < -0.3 is 24.7 Å². The normalized spacial score (nSPS) is 14.4. The molecular weight excluding hydrogens is 482 g/mol. The molecule has 5 amide bonds. The molecule has 1 fully saturated rings. The van der Waals surface area contributed by atoms with Crippen LogP contribution in [0.4, 0.5) is 10.5 Å². The van der Waals surface area contributed by atoms with Crippen molar-refractivity contribution >= 4 is 35.5 Å². The first-order chi connectivity index (χ1) is 17.8. The smallest absolute Gasteiger partial charge is 0.335 e. The Kier molecular flexibility index (Phi) is 9.09. The van der Waals surface area contributed by atoms with Crippen LogP contribution in [-0.2, 0) is 14.4 Å². The molecule has 0 saturated carbocycles. The monoisotopic (exact) mass is 511 g/mol. The van der Waals surface area contributed by atoms with E-state index in [0.29, 0.717) is 42.6 Å². The van der Waals surface area contributed by atoms with E-state index in [1.54, 1.807) is 32.0 Å². The Morgan fingerprint density at radius 3 is 2.19 bits per heavy atom. The van der Waals surface area contributed by atoms with Crippen LogP contribution in [0.5, 0.6) is 23.0 Å². The van der Waals surface area contributed by atoms with Crippen LogP contribution in [0.25, 0.3) is 6.08 Å². The summed E-state index contributed by atoms with van der Waals surface area (Å²) in [5.74, 6) is -0.904. The first-order valence-electron chi connectivity index (χ1n) is 11.8. The fourth-order valence-electron chi connectivity index (χ4n) is 3.44. The van der Waals surface area contributed by atoms with Crippen LogP contribution in [0.2, 0.25) is 0 Å². The highest BCUT2D eigenvalue weighted by Gasteiger charge is 2.37. The van der Waals surface area contributed by atoms with E-state index < -0.39 is 23.8 Å². The van der Waals surface area contributed by atoms with Crippen molar-refractivity contribution in [1.29, 1.82) is 0 Å². The lowest BCUT2D eigenvalue weighted by Crippen LogP contribution is -2.54. The molecule has 3 N–H and O–H groups in total. The highest BCUT2D eigenvalue weighted by atomic mass is 16.5. The zero-order chi connectivity index (χ0) is 26.9. The first-order valence-corrected chi connectivity index (χ1v) is 11.8. The number of carbonyl (C=O) groups excluding carboxylic acids is 4. The molecule has 2 aromatic carbocycles. The zero-order valence-corrected chi connectivity index (χ0v) is 20.9. The summed E-state index contributed by atoms with van der Waals surface area (Å²) < 4.78 is 22.2. The number of hydrogen-bond acceptors (Lipinski definition) is 8. The number of urea groups is 1. The van der Waals surface area contributed by atoms with Crippen LogP contribution in [-0.4, -0.2) is 50.2 Å². The SMILES string of the molecule is CCCOc1ccc(N2C(=O)NC(=O)/C(=C\c3ccc(OCC(N)=O)c(OCC)c3)C2=O)cc1OCC. The Labute approximate surface area is 214 Å². The molecule has 2 aromatic rings. The largest absolute Gasteiger partial charge is 0.490 e. The van der Waals surface area contributed by atoms with E-state index in [4.69, 9.17) is 24.7 Å². The highest BCUT2D eigenvalue weighted by molar-refractivity contribution is 6.39. The van der Waals surface area contributed by atoms with Gasteiger partial charge in [0.15, 0.2) is 29.6 Å². The van der Waals surface area contributed by atoms with Crippen LogP contribution >= 0.6 is 0 Å². The molecule has 196 valence electrons. The summed E-state index contributed by atoms with van der Waals surface area (Å²) in [6.45, 7) is 6.31. The molecule has 0 aromatic heterocycles. The van der Waals surface area contributed by atoms with E-state index in [2.05, 4.69) is 5.32 Å². The minimum Gasteiger partial charge on any atom is -0.490 e. The summed E-state index contributed by atoms with van der Waals surface area (Å²) in [7, 11) is 0. The number of barbiturate groups is 1. The molecule has 0 atom stereocenters. The molecule has 11 nitrogen and oxygen atoms in total. The Bertz CT molecular complexity index is 1220. The number of nitrogens with zero attached hydrogens (tertiary/aromatic N) is 1. The minimum absolute atomic E-state index is 0.207. The third-order valence-corrected chi connectivity index (χ3v) is 5.00. The van der Waals surface area contributed by atoms with Crippen molar-refractivity contribution in [3.63, 3.8) is 0 Å². The third-order valence-electron chi connectivity index (χ3n) is 5.00. The summed E-state index contributed by atoms with van der Waals surface area (Å²) >= 11 is 0. The van der Waals surface area contributed by atoms with Gasteiger partial charge in [-0.3, -0.25) is 19.7 Å². The zero-order valence-electron chi connectivity index (χ0n) is 20.9. The van der Waals surface area contributed by atoms with Gasteiger partial charge >= 0.3 is 6.03 Å². The van der Waals surface area contributed by atoms with E-state index in [0.717, 1.165) is 11.3 Å². The van der Waals surface area contributed by atoms with Gasteiger partial charge in [-0.2, -0.15) is 0 Å². The van der Waals surface area contributed by atoms with Crippen LogP contribution in [0.15, 0.2) is 42.0 Å². The summed E-state index contributed by atoms with van der Waals surface area (Å²) in [4.78, 5) is 50.5. The maximum atomic E-state index is 13.3. The van der Waals surface area contributed by atoms with E-state index in [1.807, 2.05) is 6.92 Å². The molecule has 0 bridgehead atoms. The number of rotatable bonds is 12. The van der Waals surface area contributed by atoms with Crippen molar-refractivity contribution in [1.82, 2.24) is 5.32 Å². The Morgan fingerprint density at radius 2 is 1.54 bits per heavy atom. The van der Waals surface area contributed by atoms with Gasteiger partial charge in [0, 0.05) is 6.07 Å². The van der Waals surface area contributed by atoms with Crippen LogP contribution in [0.3, 0.4) is 0 Å². The fraction of sp³-hybridized carbons (Fsp3) is 0.308. The topological polar surface area (TPSA) is 146 Å². The van der Waals surface area contributed by atoms with Crippen LogP contribution < -0.4 is 34.9 Å². The number of imide groups is 2. The number of benzene rings is 2. The molecule has 3 rings (SSSR count). The molecule has 0 radical (unpaired) electrons. The quantitative estimate of drug-likeness (QED) is 0.327. The number of ether oxygens (including phenoxy) is 4. The van der Waals surface area contributed by atoms with Gasteiger partial charge in [0.25, 0.3) is 17.7 Å². The minimum atomic E-state index is -0.887. The number of nitrogens with two attached hydrogens (primary N) is 1. The summed E-state index contributed by atoms with van der Waals surface area (Å²) in [6, 6.07) is 8.41. The Hall–Kier alpha value is -4.54. The predicted octanol–water partition coefficient (Wildman–Crippen LogP) is 2.80. The second-order valence-corrected chi connectivity index (χ2v) is 7.76. The average Bonchev–Trinajstić information content (AvgIpc) is 2.85.